The number of likely N-dealkylation sites (N-methyl/N-ethyl adjacent to an activating group) is 1. The summed E-state index contributed by atoms with van der Waals surface area (Å²) in [6, 6.07) is 11.9. The number of hydrogen-bond donors (Lipinski definition) is 7. The van der Waals surface area contributed by atoms with Gasteiger partial charge in [0, 0.05) is 78.1 Å². The number of urea groups is 1. The highest BCUT2D eigenvalue weighted by molar-refractivity contribution is 6.12. The van der Waals surface area contributed by atoms with Crippen LogP contribution in [0.2, 0.25) is 0 Å². The quantitative estimate of drug-likeness (QED) is 0.0345. The molecule has 0 spiro atoms. The van der Waals surface area contributed by atoms with Gasteiger partial charge in [-0.1, -0.05) is 104 Å². The Balaban J connectivity index is 1.34. The lowest BCUT2D eigenvalue weighted by molar-refractivity contribution is -0.146. The van der Waals surface area contributed by atoms with Gasteiger partial charge in [-0.15, -0.1) is 0 Å². The SMILES string of the molecule is CC[C@H](C)[C@@H]([C@@H](CC(=O)N1CCC[C@H]1[C@H](OC)[C@@H](C)C(=O)N[C@H](CNC(=O)OCc1ccc(NC(=O)[C@H](CCCNC(N)=O)NC(=O)[C@@H](NC(=O)CCCCCN2C(=O)C=CC2=O)C(C)C)cc1)Cc1ccccc1)OC)N(C)C(=O)CC(C)C. The van der Waals surface area contributed by atoms with E-state index in [4.69, 9.17) is 19.9 Å². The Kier molecular flexibility index (Phi) is 29.5. The molecule has 0 saturated carbocycles. The summed E-state index contributed by atoms with van der Waals surface area (Å²) in [7, 11) is 4.89. The first-order valence-corrected chi connectivity index (χ1v) is 29.9. The van der Waals surface area contributed by atoms with Gasteiger partial charge in [-0.2, -0.15) is 0 Å². The molecule has 2 heterocycles. The van der Waals surface area contributed by atoms with Gasteiger partial charge in [0.2, 0.25) is 35.4 Å². The Bertz CT molecular complexity index is 2550. The van der Waals surface area contributed by atoms with Gasteiger partial charge in [0.1, 0.15) is 18.7 Å². The first-order chi connectivity index (χ1) is 40.5. The molecule has 2 aromatic carbocycles. The molecule has 2 aliphatic heterocycles. The molecule has 1 fully saturated rings. The second-order valence-corrected chi connectivity index (χ2v) is 23.0. The van der Waals surface area contributed by atoms with E-state index >= 15 is 0 Å². The molecular formula is C62H94N10O13. The summed E-state index contributed by atoms with van der Waals surface area (Å²) in [6.45, 7) is 14.1. The van der Waals surface area contributed by atoms with Crippen molar-refractivity contribution >= 4 is 65.1 Å². The minimum Gasteiger partial charge on any atom is -0.445 e. The van der Waals surface area contributed by atoms with Gasteiger partial charge in [-0.05, 0) is 86.0 Å². The Morgan fingerprint density at radius 3 is 2.06 bits per heavy atom. The maximum absolute atomic E-state index is 14.2. The standard InChI is InChI=1S/C62H94N10O13/c1-11-41(6)56(70(8)53(76)34-39(2)3)49(83-9)36-54(77)71-33-19-23-48(71)57(84-10)42(7)58(78)67-46(35-43-20-14-12-15-21-43)37-65-62(82)85-38-44-25-27-45(28-26-44)66-59(79)47(22-18-31-64-61(63)81)68-60(80)55(40(4)5)69-50(73)24-16-13-17-32-72-51(74)29-30-52(72)75/h12,14-15,20-21,25-30,39-42,46-49,55-57H,11,13,16-19,22-24,31-38H2,1-10H3,(H,65,82)(H,66,79)(H,67,78)(H,68,80)(H,69,73)(H3,63,64,81)/t41-,42+,46-,47-,48-,49+,55-,56-,57+/m0/s1. The largest absolute Gasteiger partial charge is 0.445 e. The monoisotopic (exact) mass is 1190 g/mol. The Morgan fingerprint density at radius 2 is 1.45 bits per heavy atom. The van der Waals surface area contributed by atoms with Crippen LogP contribution in [-0.4, -0.2) is 164 Å². The number of nitrogens with one attached hydrogen (secondary N) is 6. The second-order valence-electron chi connectivity index (χ2n) is 23.0. The summed E-state index contributed by atoms with van der Waals surface area (Å²) >= 11 is 0. The maximum atomic E-state index is 14.2. The molecule has 23 nitrogen and oxygen atoms in total. The minimum atomic E-state index is -1.08. The predicted molar refractivity (Wildman–Crippen MR) is 321 cm³/mol. The number of primary amides is 1. The van der Waals surface area contributed by atoms with Crippen LogP contribution in [-0.2, 0) is 65.6 Å². The van der Waals surface area contributed by atoms with Crippen LogP contribution in [0.5, 0.6) is 0 Å². The van der Waals surface area contributed by atoms with E-state index < -0.39 is 66.2 Å². The zero-order valence-corrected chi connectivity index (χ0v) is 51.4. The molecule has 470 valence electrons. The Labute approximate surface area is 501 Å². The van der Waals surface area contributed by atoms with Crippen molar-refractivity contribution < 1.29 is 62.2 Å². The number of carbonyl (C=O) groups is 10. The van der Waals surface area contributed by atoms with Crippen molar-refractivity contribution in [3.8, 4) is 0 Å². The van der Waals surface area contributed by atoms with Crippen molar-refractivity contribution in [1.82, 2.24) is 41.3 Å². The molecular weight excluding hydrogens is 1090 g/mol. The lowest BCUT2D eigenvalue weighted by Crippen LogP contribution is -2.54. The molecule has 23 heteroatoms. The van der Waals surface area contributed by atoms with E-state index in [1.165, 1.54) is 19.3 Å². The van der Waals surface area contributed by atoms with Crippen LogP contribution in [0.1, 0.15) is 130 Å². The van der Waals surface area contributed by atoms with Gasteiger partial charge in [0.15, 0.2) is 0 Å². The van der Waals surface area contributed by atoms with Gasteiger partial charge in [0.05, 0.1) is 42.7 Å². The van der Waals surface area contributed by atoms with Gasteiger partial charge in [0.25, 0.3) is 11.8 Å². The van der Waals surface area contributed by atoms with E-state index in [9.17, 15) is 47.9 Å². The zero-order chi connectivity index (χ0) is 62.8. The summed E-state index contributed by atoms with van der Waals surface area (Å²) < 4.78 is 17.6. The predicted octanol–water partition coefficient (Wildman–Crippen LogP) is 5.10. The molecule has 11 amide bonds. The summed E-state index contributed by atoms with van der Waals surface area (Å²) in [5.41, 5.74) is 7.11. The van der Waals surface area contributed by atoms with Crippen molar-refractivity contribution in [2.45, 2.75) is 175 Å². The van der Waals surface area contributed by atoms with Crippen LogP contribution in [0.3, 0.4) is 0 Å². The molecule has 0 bridgehead atoms. The fourth-order valence-electron chi connectivity index (χ4n) is 10.8. The maximum Gasteiger partial charge on any atom is 0.407 e. The van der Waals surface area contributed by atoms with Crippen LogP contribution in [0.4, 0.5) is 15.3 Å². The van der Waals surface area contributed by atoms with Gasteiger partial charge < -0.3 is 61.6 Å². The summed E-state index contributed by atoms with van der Waals surface area (Å²) in [6.07, 6.45) is 5.47. The Hall–Kier alpha value is -7.40. The number of alkyl carbamates (subject to hydrolysis) is 1. The van der Waals surface area contributed by atoms with E-state index in [0.29, 0.717) is 56.3 Å². The van der Waals surface area contributed by atoms with Crippen molar-refractivity contribution in [3.05, 3.63) is 77.9 Å². The minimum absolute atomic E-state index is 0.000794. The number of nitrogens with two attached hydrogens (primary N) is 1. The molecule has 2 aromatic rings. The number of benzene rings is 2. The molecule has 8 N–H and O–H groups in total. The van der Waals surface area contributed by atoms with Crippen LogP contribution >= 0.6 is 0 Å². The number of ether oxygens (including phenoxy) is 3. The number of amides is 11. The van der Waals surface area contributed by atoms with Crippen molar-refractivity contribution in [3.63, 3.8) is 0 Å². The Morgan fingerprint density at radius 1 is 0.765 bits per heavy atom. The number of methoxy groups -OCH3 is 2. The van der Waals surface area contributed by atoms with Crippen molar-refractivity contribution in [2.75, 3.05) is 52.8 Å². The van der Waals surface area contributed by atoms with Gasteiger partial charge >= 0.3 is 12.1 Å². The number of imide groups is 1. The molecule has 0 aromatic heterocycles. The van der Waals surface area contributed by atoms with Crippen molar-refractivity contribution in [2.24, 2.45) is 29.4 Å². The third-order valence-electron chi connectivity index (χ3n) is 15.7. The van der Waals surface area contributed by atoms with E-state index in [0.717, 1.165) is 23.3 Å². The van der Waals surface area contributed by atoms with Crippen LogP contribution < -0.4 is 37.6 Å². The summed E-state index contributed by atoms with van der Waals surface area (Å²) in [5.74, 6) is -3.53. The first-order valence-electron chi connectivity index (χ1n) is 29.9. The fraction of sp³-hybridized carbons (Fsp3) is 0.613. The molecule has 0 aliphatic carbocycles. The van der Waals surface area contributed by atoms with Crippen LogP contribution in [0.25, 0.3) is 0 Å². The fourth-order valence-corrected chi connectivity index (χ4v) is 10.8. The van der Waals surface area contributed by atoms with Crippen molar-refractivity contribution in [1.29, 1.82) is 0 Å². The van der Waals surface area contributed by atoms with Gasteiger partial charge in [-0.25, -0.2) is 9.59 Å². The number of anilines is 1. The molecule has 0 unspecified atom stereocenters. The lowest BCUT2D eigenvalue weighted by atomic mass is 9.90. The van der Waals surface area contributed by atoms with Gasteiger partial charge in [-0.3, -0.25) is 43.3 Å². The number of carbonyl (C=O) groups excluding carboxylic acids is 10. The molecule has 4 rings (SSSR count). The summed E-state index contributed by atoms with van der Waals surface area (Å²) in [5, 5.41) is 16.7. The number of likely N-dealkylation sites (tertiary alicyclic amines) is 1. The average Bonchev–Trinajstić information content (AvgIpc) is 4.20. The highest BCUT2D eigenvalue weighted by Crippen LogP contribution is 2.30. The molecule has 0 radical (unpaired) electrons. The molecule has 9 atom stereocenters. The topological polar surface area (TPSA) is 306 Å². The highest BCUT2D eigenvalue weighted by atomic mass is 16.5. The smallest absolute Gasteiger partial charge is 0.407 e. The first kappa shape index (κ1) is 70.1. The van der Waals surface area contributed by atoms with Crippen LogP contribution in [0.15, 0.2) is 66.7 Å². The average molecular weight is 1190 g/mol. The van der Waals surface area contributed by atoms with Crippen LogP contribution in [0, 0.1) is 23.7 Å². The number of rotatable bonds is 36. The number of hydrogen-bond acceptors (Lipinski definition) is 13. The zero-order valence-electron chi connectivity index (χ0n) is 51.4. The van der Waals surface area contributed by atoms with E-state index in [2.05, 4.69) is 45.7 Å². The second kappa shape index (κ2) is 35.8. The lowest BCUT2D eigenvalue weighted by Gasteiger charge is -2.39. The number of nitrogens with zero attached hydrogens (tertiary/aromatic N) is 3. The normalized spacial score (nSPS) is 16.8. The number of unbranched alkanes of at least 4 members (excludes halogenated alkanes) is 2. The van der Waals surface area contributed by atoms with E-state index in [-0.39, 0.29) is 111 Å². The third-order valence-corrected chi connectivity index (χ3v) is 15.7. The van der Waals surface area contributed by atoms with E-state index in [1.54, 1.807) is 69.0 Å². The molecule has 85 heavy (non-hydrogen) atoms. The third kappa shape index (κ3) is 22.8. The molecule has 1 saturated heterocycles. The van der Waals surface area contributed by atoms with E-state index in [1.807, 2.05) is 44.2 Å². The summed E-state index contributed by atoms with van der Waals surface area (Å²) in [4.78, 5) is 135. The molecule has 2 aliphatic rings. The highest BCUT2D eigenvalue weighted by Gasteiger charge is 2.42.